The van der Waals surface area contributed by atoms with E-state index in [2.05, 4.69) is 25.2 Å². The van der Waals surface area contributed by atoms with E-state index in [1.54, 1.807) is 0 Å². The zero-order chi connectivity index (χ0) is 15.0. The average Bonchev–Trinajstić information content (AvgIpc) is 3.14. The molecule has 8 heteroatoms. The van der Waals surface area contributed by atoms with Crippen molar-refractivity contribution in [2.75, 3.05) is 12.4 Å². The number of amides is 1. The van der Waals surface area contributed by atoms with Crippen LogP contribution in [0.4, 0.5) is 5.95 Å². The van der Waals surface area contributed by atoms with Crippen molar-refractivity contribution in [1.82, 2.24) is 15.2 Å². The van der Waals surface area contributed by atoms with Crippen LogP contribution < -0.4 is 11.1 Å². The summed E-state index contributed by atoms with van der Waals surface area (Å²) in [6.45, 7) is 0. The van der Waals surface area contributed by atoms with Crippen LogP contribution in [0.3, 0.4) is 0 Å². The summed E-state index contributed by atoms with van der Waals surface area (Å²) in [4.78, 5) is 27.5. The molecule has 2 saturated carbocycles. The van der Waals surface area contributed by atoms with Crippen LogP contribution in [0.15, 0.2) is 0 Å². The van der Waals surface area contributed by atoms with Crippen molar-refractivity contribution in [3.05, 3.63) is 5.82 Å². The Morgan fingerprint density at radius 2 is 2.19 bits per heavy atom. The minimum absolute atomic E-state index is 0.00693. The Hall–Kier alpha value is -1.96. The van der Waals surface area contributed by atoms with Gasteiger partial charge in [-0.3, -0.25) is 20.0 Å². The Labute approximate surface area is 121 Å². The number of nitrogens with two attached hydrogens (primary N) is 1. The summed E-state index contributed by atoms with van der Waals surface area (Å²) in [6.07, 6.45) is 3.23. The van der Waals surface area contributed by atoms with E-state index in [1.807, 2.05) is 0 Å². The van der Waals surface area contributed by atoms with Gasteiger partial charge in [0.2, 0.25) is 11.9 Å². The third-order valence-electron chi connectivity index (χ3n) is 4.59. The fourth-order valence-corrected chi connectivity index (χ4v) is 3.56. The van der Waals surface area contributed by atoms with Crippen molar-refractivity contribution in [3.63, 3.8) is 0 Å². The predicted molar refractivity (Wildman–Crippen MR) is 73.0 cm³/mol. The summed E-state index contributed by atoms with van der Waals surface area (Å²) >= 11 is 0. The minimum atomic E-state index is -0.417. The molecule has 4 atom stereocenters. The molecule has 0 radical (unpaired) electrons. The first-order valence-corrected chi connectivity index (χ1v) is 7.13. The van der Waals surface area contributed by atoms with Gasteiger partial charge in [-0.2, -0.15) is 4.98 Å². The van der Waals surface area contributed by atoms with Crippen LogP contribution in [0.1, 0.15) is 25.1 Å². The van der Waals surface area contributed by atoms with E-state index >= 15 is 0 Å². The van der Waals surface area contributed by atoms with Crippen LogP contribution >= 0.6 is 0 Å². The summed E-state index contributed by atoms with van der Waals surface area (Å²) in [7, 11) is 1.30. The van der Waals surface area contributed by atoms with Crippen LogP contribution in [-0.2, 0) is 20.7 Å². The highest BCUT2D eigenvalue weighted by Crippen LogP contribution is 2.47. The maximum absolute atomic E-state index is 12.3. The van der Waals surface area contributed by atoms with Gasteiger partial charge in [-0.15, -0.1) is 5.10 Å². The highest BCUT2D eigenvalue weighted by Gasteiger charge is 2.49. The number of carbonyl (C=O) groups is 2. The van der Waals surface area contributed by atoms with Crippen molar-refractivity contribution >= 4 is 17.8 Å². The number of esters is 1. The zero-order valence-electron chi connectivity index (χ0n) is 11.8. The third-order valence-corrected chi connectivity index (χ3v) is 4.59. The van der Waals surface area contributed by atoms with Gasteiger partial charge < -0.3 is 10.5 Å². The van der Waals surface area contributed by atoms with E-state index in [0.29, 0.717) is 17.7 Å². The van der Waals surface area contributed by atoms with Crippen molar-refractivity contribution in [3.8, 4) is 0 Å². The van der Waals surface area contributed by atoms with E-state index in [4.69, 9.17) is 5.73 Å². The number of rotatable bonds is 4. The number of nitrogens with zero attached hydrogens (tertiary/aromatic N) is 2. The van der Waals surface area contributed by atoms with Gasteiger partial charge in [0.15, 0.2) is 0 Å². The Balaban J connectivity index is 1.61. The molecule has 1 heterocycles. The molecule has 0 saturated heterocycles. The second kappa shape index (κ2) is 5.44. The smallest absolute Gasteiger partial charge is 0.313 e. The topological polar surface area (TPSA) is 123 Å². The fraction of sp³-hybridized carbons (Fsp3) is 0.692. The first-order valence-electron chi connectivity index (χ1n) is 7.13. The lowest BCUT2D eigenvalue weighted by Gasteiger charge is -2.26. The Morgan fingerprint density at radius 1 is 1.43 bits per heavy atom. The fourth-order valence-electron chi connectivity index (χ4n) is 3.56. The number of hydrogen-bond donors (Lipinski definition) is 3. The number of methoxy groups -OCH3 is 1. The molecular formula is C13H19N5O3. The van der Waals surface area contributed by atoms with Gasteiger partial charge in [0.25, 0.3) is 0 Å². The summed E-state index contributed by atoms with van der Waals surface area (Å²) in [5, 5.41) is 9.18. The lowest BCUT2D eigenvalue weighted by molar-refractivity contribution is -0.139. The third kappa shape index (κ3) is 2.63. The van der Waals surface area contributed by atoms with E-state index < -0.39 is 5.97 Å². The number of fused-ring (bicyclic) bond motifs is 2. The molecule has 0 aromatic carbocycles. The molecule has 4 N–H and O–H groups in total. The average molecular weight is 293 g/mol. The van der Waals surface area contributed by atoms with E-state index in [1.165, 1.54) is 7.11 Å². The van der Waals surface area contributed by atoms with Crippen molar-refractivity contribution < 1.29 is 14.3 Å². The number of hydrogen-bond acceptors (Lipinski definition) is 6. The van der Waals surface area contributed by atoms with Gasteiger partial charge >= 0.3 is 5.97 Å². The highest BCUT2D eigenvalue weighted by molar-refractivity contribution is 5.92. The maximum atomic E-state index is 12.3. The number of carbonyl (C=O) groups excluding carboxylic acids is 2. The molecular weight excluding hydrogens is 274 g/mol. The van der Waals surface area contributed by atoms with Crippen LogP contribution in [-0.4, -0.2) is 40.2 Å². The summed E-state index contributed by atoms with van der Waals surface area (Å²) in [5.41, 5.74) is 6.14. The SMILES string of the molecule is COC(=O)Cc1nc(NC(=O)C2C3CCC(C3)C2N)n[nH]1. The van der Waals surface area contributed by atoms with Crippen LogP contribution in [0.25, 0.3) is 0 Å². The second-order valence-electron chi connectivity index (χ2n) is 5.78. The molecule has 2 bridgehead atoms. The lowest BCUT2D eigenvalue weighted by atomic mass is 9.84. The van der Waals surface area contributed by atoms with Gasteiger partial charge in [0, 0.05) is 6.04 Å². The van der Waals surface area contributed by atoms with Gasteiger partial charge in [0.05, 0.1) is 13.0 Å². The standard InChI is InChI=1S/C13H19N5O3/c1-21-9(19)5-8-15-13(18-17-8)16-12(20)10-6-2-3-7(4-6)11(10)14/h6-7,10-11H,2-5,14H2,1H3,(H2,15,16,17,18,20). The first kappa shape index (κ1) is 14.0. The molecule has 21 heavy (non-hydrogen) atoms. The van der Waals surface area contributed by atoms with Crippen molar-refractivity contribution in [1.29, 1.82) is 0 Å². The van der Waals surface area contributed by atoms with Crippen LogP contribution in [0, 0.1) is 17.8 Å². The molecule has 3 rings (SSSR count). The van der Waals surface area contributed by atoms with Crippen molar-refractivity contribution in [2.24, 2.45) is 23.5 Å². The molecule has 0 spiro atoms. The Kier molecular flexibility index (Phi) is 3.62. The van der Waals surface area contributed by atoms with E-state index in [0.717, 1.165) is 19.3 Å². The summed E-state index contributed by atoms with van der Waals surface area (Å²) in [5.74, 6) is 0.665. The minimum Gasteiger partial charge on any atom is -0.469 e. The molecule has 0 aliphatic heterocycles. The van der Waals surface area contributed by atoms with Gasteiger partial charge in [0.1, 0.15) is 12.2 Å². The Bertz CT molecular complexity index is 556. The van der Waals surface area contributed by atoms with Crippen LogP contribution in [0.5, 0.6) is 0 Å². The number of aromatic nitrogens is 3. The lowest BCUT2D eigenvalue weighted by Crippen LogP contribution is -2.42. The first-order chi connectivity index (χ1) is 10.1. The van der Waals surface area contributed by atoms with E-state index in [-0.39, 0.29) is 30.2 Å². The largest absolute Gasteiger partial charge is 0.469 e. The number of anilines is 1. The number of H-pyrrole nitrogens is 1. The highest BCUT2D eigenvalue weighted by atomic mass is 16.5. The molecule has 1 aromatic rings. The maximum Gasteiger partial charge on any atom is 0.313 e. The van der Waals surface area contributed by atoms with Gasteiger partial charge in [-0.05, 0) is 31.1 Å². The molecule has 4 unspecified atom stereocenters. The summed E-state index contributed by atoms with van der Waals surface area (Å²) < 4.78 is 4.54. The van der Waals surface area contributed by atoms with Gasteiger partial charge in [-0.25, -0.2) is 0 Å². The summed E-state index contributed by atoms with van der Waals surface area (Å²) in [6, 6.07) is -0.0720. The number of ether oxygens (including phenoxy) is 1. The number of aromatic amines is 1. The van der Waals surface area contributed by atoms with Crippen LogP contribution in [0.2, 0.25) is 0 Å². The molecule has 2 aliphatic carbocycles. The van der Waals surface area contributed by atoms with Crippen molar-refractivity contribution in [2.45, 2.75) is 31.7 Å². The molecule has 114 valence electrons. The Morgan fingerprint density at radius 3 is 2.86 bits per heavy atom. The van der Waals surface area contributed by atoms with Gasteiger partial charge in [-0.1, -0.05) is 0 Å². The molecule has 1 aromatic heterocycles. The molecule has 1 amide bonds. The quantitative estimate of drug-likeness (QED) is 0.662. The second-order valence-corrected chi connectivity index (χ2v) is 5.78. The molecule has 2 fully saturated rings. The number of nitrogens with one attached hydrogen (secondary N) is 2. The predicted octanol–water partition coefficient (Wildman–Crippen LogP) is -0.168. The van der Waals surface area contributed by atoms with E-state index in [9.17, 15) is 9.59 Å². The molecule has 2 aliphatic rings. The monoisotopic (exact) mass is 293 g/mol. The normalized spacial score (nSPS) is 30.4. The zero-order valence-corrected chi connectivity index (χ0v) is 11.8. The molecule has 8 nitrogen and oxygen atoms in total.